The number of aromatic nitrogens is 2. The zero-order valence-electron chi connectivity index (χ0n) is 9.64. The standard InChI is InChI=1S/C11H10BrF4N3/c12-6-4-8-9(5-7(6)13)19(10(17)18-8)3-1-2-11(14,15)16/h4-5H,1-3H2,(H2,17,18). The van der Waals surface area contributed by atoms with E-state index in [0.29, 0.717) is 11.0 Å². The van der Waals surface area contributed by atoms with Gasteiger partial charge in [0.15, 0.2) is 0 Å². The van der Waals surface area contributed by atoms with Gasteiger partial charge in [-0.1, -0.05) is 0 Å². The smallest absolute Gasteiger partial charge is 0.369 e. The summed E-state index contributed by atoms with van der Waals surface area (Å²) >= 11 is 3.02. The van der Waals surface area contributed by atoms with Crippen molar-refractivity contribution in [2.24, 2.45) is 0 Å². The number of hydrogen-bond acceptors (Lipinski definition) is 2. The summed E-state index contributed by atoms with van der Waals surface area (Å²) in [5.41, 5.74) is 6.47. The molecule has 0 aliphatic carbocycles. The van der Waals surface area contributed by atoms with Crippen molar-refractivity contribution >= 4 is 32.9 Å². The molecule has 0 aliphatic rings. The Bertz CT molecular complexity index is 606. The van der Waals surface area contributed by atoms with Crippen LogP contribution < -0.4 is 5.73 Å². The Labute approximate surface area is 114 Å². The fourth-order valence-electron chi connectivity index (χ4n) is 1.81. The molecule has 0 radical (unpaired) electrons. The first-order valence-corrected chi connectivity index (χ1v) is 6.25. The average Bonchev–Trinajstić information content (AvgIpc) is 2.55. The van der Waals surface area contributed by atoms with E-state index in [1.54, 1.807) is 0 Å². The van der Waals surface area contributed by atoms with Crippen molar-refractivity contribution in [2.45, 2.75) is 25.6 Å². The summed E-state index contributed by atoms with van der Waals surface area (Å²) in [6, 6.07) is 2.65. The molecule has 2 rings (SSSR count). The van der Waals surface area contributed by atoms with Crippen LogP contribution in [0.2, 0.25) is 0 Å². The minimum Gasteiger partial charge on any atom is -0.369 e. The molecule has 0 amide bonds. The Morgan fingerprint density at radius 1 is 1.32 bits per heavy atom. The van der Waals surface area contributed by atoms with Crippen LogP contribution in [0.5, 0.6) is 0 Å². The Morgan fingerprint density at radius 3 is 2.63 bits per heavy atom. The van der Waals surface area contributed by atoms with Crippen LogP contribution >= 0.6 is 15.9 Å². The van der Waals surface area contributed by atoms with Crippen molar-refractivity contribution in [3.05, 3.63) is 22.4 Å². The van der Waals surface area contributed by atoms with Gasteiger partial charge in [0, 0.05) is 19.0 Å². The number of alkyl halides is 3. The number of anilines is 1. The van der Waals surface area contributed by atoms with Crippen molar-refractivity contribution in [3.63, 3.8) is 0 Å². The van der Waals surface area contributed by atoms with Crippen LogP contribution in [0, 0.1) is 5.82 Å². The number of nitrogens with zero attached hydrogens (tertiary/aromatic N) is 2. The number of rotatable bonds is 3. The third-order valence-corrected chi connectivity index (χ3v) is 3.27. The number of aryl methyl sites for hydroxylation is 1. The molecule has 0 unspecified atom stereocenters. The van der Waals surface area contributed by atoms with E-state index in [1.807, 2.05) is 0 Å². The van der Waals surface area contributed by atoms with Crippen LogP contribution in [-0.2, 0) is 6.54 Å². The highest BCUT2D eigenvalue weighted by molar-refractivity contribution is 9.10. The summed E-state index contributed by atoms with van der Waals surface area (Å²) in [6.45, 7) is 0.0446. The van der Waals surface area contributed by atoms with E-state index in [-0.39, 0.29) is 23.4 Å². The predicted octanol–water partition coefficient (Wildman–Crippen LogP) is 3.86. The first kappa shape index (κ1) is 14.1. The monoisotopic (exact) mass is 339 g/mol. The van der Waals surface area contributed by atoms with Gasteiger partial charge in [-0.25, -0.2) is 9.37 Å². The van der Waals surface area contributed by atoms with Gasteiger partial charge in [-0.05, 0) is 28.4 Å². The summed E-state index contributed by atoms with van der Waals surface area (Å²) in [7, 11) is 0. The largest absolute Gasteiger partial charge is 0.389 e. The van der Waals surface area contributed by atoms with Crippen LogP contribution in [0.1, 0.15) is 12.8 Å². The van der Waals surface area contributed by atoms with Gasteiger partial charge in [0.1, 0.15) is 5.82 Å². The highest BCUT2D eigenvalue weighted by Gasteiger charge is 2.26. The molecule has 2 aromatic rings. The normalized spacial score (nSPS) is 12.3. The maximum absolute atomic E-state index is 13.4. The van der Waals surface area contributed by atoms with Crippen molar-refractivity contribution in [3.8, 4) is 0 Å². The summed E-state index contributed by atoms with van der Waals surface area (Å²) in [5.74, 6) is -0.431. The quantitative estimate of drug-likeness (QED) is 0.863. The number of fused-ring (bicyclic) bond motifs is 1. The Balaban J connectivity index is 2.27. The van der Waals surface area contributed by atoms with Gasteiger partial charge in [0.05, 0.1) is 15.5 Å². The molecule has 1 aromatic carbocycles. The second-order valence-electron chi connectivity index (χ2n) is 4.10. The fourth-order valence-corrected chi connectivity index (χ4v) is 2.14. The molecule has 0 atom stereocenters. The number of imidazole rings is 1. The minimum atomic E-state index is -4.21. The fraction of sp³-hybridized carbons (Fsp3) is 0.364. The molecule has 0 fully saturated rings. The van der Waals surface area contributed by atoms with E-state index in [9.17, 15) is 17.6 Å². The molecule has 3 nitrogen and oxygen atoms in total. The lowest BCUT2D eigenvalue weighted by Crippen LogP contribution is -2.10. The third kappa shape index (κ3) is 3.17. The topological polar surface area (TPSA) is 43.8 Å². The molecular formula is C11H10BrF4N3. The Kier molecular flexibility index (Phi) is 3.71. The highest BCUT2D eigenvalue weighted by Crippen LogP contribution is 2.27. The van der Waals surface area contributed by atoms with E-state index >= 15 is 0 Å². The molecular weight excluding hydrogens is 330 g/mol. The van der Waals surface area contributed by atoms with Gasteiger partial charge in [-0.15, -0.1) is 0 Å². The van der Waals surface area contributed by atoms with E-state index in [2.05, 4.69) is 20.9 Å². The predicted molar refractivity (Wildman–Crippen MR) is 67.1 cm³/mol. The number of nitrogens with two attached hydrogens (primary N) is 1. The molecule has 0 aliphatic heterocycles. The van der Waals surface area contributed by atoms with Crippen LogP contribution in [0.15, 0.2) is 16.6 Å². The lowest BCUT2D eigenvalue weighted by Gasteiger charge is -2.08. The van der Waals surface area contributed by atoms with Gasteiger partial charge in [-0.2, -0.15) is 13.2 Å². The molecule has 8 heteroatoms. The second kappa shape index (κ2) is 4.99. The lowest BCUT2D eigenvalue weighted by molar-refractivity contribution is -0.135. The number of halogens is 5. The first-order chi connectivity index (χ1) is 8.78. The second-order valence-corrected chi connectivity index (χ2v) is 4.95. The van der Waals surface area contributed by atoms with Gasteiger partial charge in [-0.3, -0.25) is 0 Å². The zero-order valence-corrected chi connectivity index (χ0v) is 11.2. The first-order valence-electron chi connectivity index (χ1n) is 5.45. The molecule has 0 spiro atoms. The maximum atomic E-state index is 13.4. The van der Waals surface area contributed by atoms with Crippen molar-refractivity contribution in [1.82, 2.24) is 9.55 Å². The zero-order chi connectivity index (χ0) is 14.2. The molecule has 19 heavy (non-hydrogen) atoms. The van der Waals surface area contributed by atoms with Crippen LogP contribution in [0.25, 0.3) is 11.0 Å². The van der Waals surface area contributed by atoms with E-state index in [0.717, 1.165) is 0 Å². The van der Waals surface area contributed by atoms with Gasteiger partial charge in [0.25, 0.3) is 0 Å². The molecule has 1 aromatic heterocycles. The van der Waals surface area contributed by atoms with Crippen LogP contribution in [0.3, 0.4) is 0 Å². The molecule has 0 saturated carbocycles. The molecule has 0 saturated heterocycles. The summed E-state index contributed by atoms with van der Waals surface area (Å²) in [5, 5.41) is 0. The number of benzene rings is 1. The van der Waals surface area contributed by atoms with Crippen LogP contribution in [0.4, 0.5) is 23.5 Å². The molecule has 104 valence electrons. The Morgan fingerprint density at radius 2 is 2.00 bits per heavy atom. The Hall–Kier alpha value is -1.31. The highest BCUT2D eigenvalue weighted by atomic mass is 79.9. The molecule has 2 N–H and O–H groups in total. The summed E-state index contributed by atoms with van der Waals surface area (Å²) in [4.78, 5) is 3.99. The summed E-state index contributed by atoms with van der Waals surface area (Å²) < 4.78 is 51.3. The van der Waals surface area contributed by atoms with Crippen molar-refractivity contribution in [1.29, 1.82) is 0 Å². The lowest BCUT2D eigenvalue weighted by atomic mass is 10.2. The molecule has 0 bridgehead atoms. The van der Waals surface area contributed by atoms with E-state index < -0.39 is 18.4 Å². The number of nitrogen functional groups attached to an aromatic ring is 1. The SMILES string of the molecule is Nc1nc2cc(Br)c(F)cc2n1CCCC(F)(F)F. The molecule has 1 heterocycles. The van der Waals surface area contributed by atoms with Crippen molar-refractivity contribution in [2.75, 3.05) is 5.73 Å². The van der Waals surface area contributed by atoms with Crippen molar-refractivity contribution < 1.29 is 17.6 Å². The van der Waals surface area contributed by atoms with E-state index in [1.165, 1.54) is 16.7 Å². The summed E-state index contributed by atoms with van der Waals surface area (Å²) in [6.07, 6.45) is -5.25. The van der Waals surface area contributed by atoms with Gasteiger partial charge in [0.2, 0.25) is 5.95 Å². The van der Waals surface area contributed by atoms with Crippen LogP contribution in [-0.4, -0.2) is 15.7 Å². The minimum absolute atomic E-state index is 0.0446. The number of hydrogen-bond donors (Lipinski definition) is 1. The average molecular weight is 340 g/mol. The van der Waals surface area contributed by atoms with E-state index in [4.69, 9.17) is 5.73 Å². The van der Waals surface area contributed by atoms with Gasteiger partial charge >= 0.3 is 6.18 Å². The van der Waals surface area contributed by atoms with Gasteiger partial charge < -0.3 is 10.3 Å². The third-order valence-electron chi connectivity index (χ3n) is 2.66. The maximum Gasteiger partial charge on any atom is 0.389 e.